The Balaban J connectivity index is 1.84. The van der Waals surface area contributed by atoms with Gasteiger partial charge in [0.1, 0.15) is 0 Å². The van der Waals surface area contributed by atoms with Crippen molar-refractivity contribution in [1.29, 1.82) is 0 Å². The van der Waals surface area contributed by atoms with Crippen molar-refractivity contribution in [2.45, 2.75) is 40.7 Å². The average Bonchev–Trinajstić information content (AvgIpc) is 2.95. The molecule has 5 heteroatoms. The molecule has 0 saturated carbocycles. The van der Waals surface area contributed by atoms with Gasteiger partial charge in [0.15, 0.2) is 0 Å². The second-order valence-corrected chi connectivity index (χ2v) is 6.24. The van der Waals surface area contributed by atoms with Crippen molar-refractivity contribution in [2.75, 3.05) is 24.5 Å². The largest absolute Gasteiger partial charge is 0.407 e. The highest BCUT2D eigenvalue weighted by Crippen LogP contribution is 2.27. The number of rotatable bonds is 6. The predicted molar refractivity (Wildman–Crippen MR) is 76.0 cm³/mol. The molecule has 0 radical (unpaired) electrons. The van der Waals surface area contributed by atoms with Crippen molar-refractivity contribution in [3.8, 4) is 0 Å². The summed E-state index contributed by atoms with van der Waals surface area (Å²) in [5.74, 6) is 2.78. The van der Waals surface area contributed by atoms with E-state index in [1.807, 2.05) is 0 Å². The number of nitrogens with one attached hydrogen (secondary N) is 1. The minimum atomic E-state index is 0.632. The molecule has 0 amide bonds. The van der Waals surface area contributed by atoms with E-state index in [1.54, 1.807) is 0 Å². The third-order valence-electron chi connectivity index (χ3n) is 3.72. The van der Waals surface area contributed by atoms with Crippen LogP contribution < -0.4 is 10.2 Å². The lowest BCUT2D eigenvalue weighted by Gasteiger charge is -2.15. The van der Waals surface area contributed by atoms with Crippen LogP contribution >= 0.6 is 0 Å². The SMILES string of the molecule is CC(C)CNCc1nnc(N2CCC(C(C)C)C2)o1. The first kappa shape index (κ1) is 14.3. The second-order valence-electron chi connectivity index (χ2n) is 6.24. The van der Waals surface area contributed by atoms with Crippen LogP contribution in [0.3, 0.4) is 0 Å². The molecule has 1 aromatic rings. The lowest BCUT2D eigenvalue weighted by molar-refractivity contribution is 0.417. The molecule has 108 valence electrons. The van der Waals surface area contributed by atoms with Crippen molar-refractivity contribution in [3.05, 3.63) is 5.89 Å². The third-order valence-corrected chi connectivity index (χ3v) is 3.72. The zero-order valence-electron chi connectivity index (χ0n) is 12.5. The summed E-state index contributed by atoms with van der Waals surface area (Å²) in [5.41, 5.74) is 0. The van der Waals surface area contributed by atoms with Gasteiger partial charge in [-0.1, -0.05) is 32.8 Å². The molecule has 1 aliphatic heterocycles. The van der Waals surface area contributed by atoms with Crippen molar-refractivity contribution >= 4 is 6.01 Å². The summed E-state index contributed by atoms with van der Waals surface area (Å²) in [6.45, 7) is 12.6. The first-order valence-corrected chi connectivity index (χ1v) is 7.34. The Morgan fingerprint density at radius 2 is 2.11 bits per heavy atom. The molecule has 2 rings (SSSR count). The van der Waals surface area contributed by atoms with Gasteiger partial charge in [-0.05, 0) is 30.7 Å². The Hall–Kier alpha value is -1.10. The van der Waals surface area contributed by atoms with Gasteiger partial charge in [0, 0.05) is 13.1 Å². The average molecular weight is 266 g/mol. The molecule has 0 spiro atoms. The second kappa shape index (κ2) is 6.37. The minimum absolute atomic E-state index is 0.632. The van der Waals surface area contributed by atoms with E-state index in [-0.39, 0.29) is 0 Å². The van der Waals surface area contributed by atoms with Crippen molar-refractivity contribution in [3.63, 3.8) is 0 Å². The topological polar surface area (TPSA) is 54.2 Å². The van der Waals surface area contributed by atoms with E-state index in [4.69, 9.17) is 4.42 Å². The van der Waals surface area contributed by atoms with E-state index in [0.29, 0.717) is 24.4 Å². The van der Waals surface area contributed by atoms with E-state index >= 15 is 0 Å². The summed E-state index contributed by atoms with van der Waals surface area (Å²) in [7, 11) is 0. The zero-order chi connectivity index (χ0) is 13.8. The van der Waals surface area contributed by atoms with Crippen LogP contribution in [0.2, 0.25) is 0 Å². The molecule has 0 bridgehead atoms. The smallest absolute Gasteiger partial charge is 0.318 e. The van der Waals surface area contributed by atoms with Crippen LogP contribution in [0, 0.1) is 17.8 Å². The highest BCUT2D eigenvalue weighted by molar-refractivity contribution is 5.26. The molecule has 1 unspecified atom stereocenters. The maximum atomic E-state index is 5.72. The van der Waals surface area contributed by atoms with Gasteiger partial charge >= 0.3 is 6.01 Å². The summed E-state index contributed by atoms with van der Waals surface area (Å²) < 4.78 is 5.72. The fourth-order valence-corrected chi connectivity index (χ4v) is 2.42. The van der Waals surface area contributed by atoms with Crippen LogP contribution in [0.1, 0.15) is 40.0 Å². The fraction of sp³-hybridized carbons (Fsp3) is 0.857. The van der Waals surface area contributed by atoms with Gasteiger partial charge < -0.3 is 14.6 Å². The standard InChI is InChI=1S/C14H26N4O/c1-10(2)7-15-8-13-16-17-14(19-13)18-6-5-12(9-18)11(3)4/h10-12,15H,5-9H2,1-4H3. The number of hydrogen-bond donors (Lipinski definition) is 1. The van der Waals surface area contributed by atoms with Crippen LogP contribution in [0.25, 0.3) is 0 Å². The predicted octanol–water partition coefficient (Wildman–Crippen LogP) is 2.30. The van der Waals surface area contributed by atoms with E-state index < -0.39 is 0 Å². The maximum Gasteiger partial charge on any atom is 0.318 e. The van der Waals surface area contributed by atoms with Crippen molar-refractivity contribution in [1.82, 2.24) is 15.5 Å². The molecular formula is C14H26N4O. The molecule has 1 aliphatic rings. The zero-order valence-corrected chi connectivity index (χ0v) is 12.5. The van der Waals surface area contributed by atoms with Gasteiger partial charge in [-0.2, -0.15) is 0 Å². The summed E-state index contributed by atoms with van der Waals surface area (Å²) in [6, 6.07) is 0.685. The van der Waals surface area contributed by atoms with Crippen LogP contribution in [-0.2, 0) is 6.54 Å². The Morgan fingerprint density at radius 1 is 1.32 bits per heavy atom. The van der Waals surface area contributed by atoms with Crippen LogP contribution in [0.5, 0.6) is 0 Å². The Labute approximate surface area is 115 Å². The van der Waals surface area contributed by atoms with Crippen molar-refractivity contribution < 1.29 is 4.42 Å². The Bertz CT molecular complexity index is 389. The number of aromatic nitrogens is 2. The van der Waals surface area contributed by atoms with Crippen LogP contribution in [-0.4, -0.2) is 29.8 Å². The number of anilines is 1. The summed E-state index contributed by atoms with van der Waals surface area (Å²) >= 11 is 0. The number of nitrogens with zero attached hydrogens (tertiary/aromatic N) is 3. The van der Waals surface area contributed by atoms with E-state index in [0.717, 1.165) is 31.5 Å². The van der Waals surface area contributed by atoms with E-state index in [9.17, 15) is 0 Å². The van der Waals surface area contributed by atoms with E-state index in [2.05, 4.69) is 48.1 Å². The lowest BCUT2D eigenvalue weighted by atomic mass is 9.95. The third kappa shape index (κ3) is 3.93. The summed E-state index contributed by atoms with van der Waals surface area (Å²) in [5, 5.41) is 11.6. The normalized spacial score (nSPS) is 19.9. The van der Waals surface area contributed by atoms with Gasteiger partial charge in [-0.3, -0.25) is 0 Å². The monoisotopic (exact) mass is 266 g/mol. The molecule has 1 atom stereocenters. The minimum Gasteiger partial charge on any atom is -0.407 e. The van der Waals surface area contributed by atoms with Gasteiger partial charge in [0.2, 0.25) is 5.89 Å². The molecule has 0 aliphatic carbocycles. The number of hydrogen-bond acceptors (Lipinski definition) is 5. The first-order chi connectivity index (χ1) is 9.06. The van der Waals surface area contributed by atoms with Gasteiger partial charge in [0.25, 0.3) is 0 Å². The molecule has 1 saturated heterocycles. The molecule has 1 fully saturated rings. The molecule has 0 aromatic carbocycles. The highest BCUT2D eigenvalue weighted by Gasteiger charge is 2.27. The molecule has 1 aromatic heterocycles. The molecule has 1 N–H and O–H groups in total. The van der Waals surface area contributed by atoms with Gasteiger partial charge in [-0.15, -0.1) is 5.10 Å². The Morgan fingerprint density at radius 3 is 2.74 bits per heavy atom. The molecule has 19 heavy (non-hydrogen) atoms. The molecule has 5 nitrogen and oxygen atoms in total. The van der Waals surface area contributed by atoms with Gasteiger partial charge in [-0.25, -0.2) is 0 Å². The van der Waals surface area contributed by atoms with Crippen LogP contribution in [0.15, 0.2) is 4.42 Å². The summed E-state index contributed by atoms with van der Waals surface area (Å²) in [6.07, 6.45) is 1.22. The summed E-state index contributed by atoms with van der Waals surface area (Å²) in [4.78, 5) is 2.21. The highest BCUT2D eigenvalue weighted by atomic mass is 16.4. The maximum absolute atomic E-state index is 5.72. The van der Waals surface area contributed by atoms with Crippen molar-refractivity contribution in [2.24, 2.45) is 17.8 Å². The van der Waals surface area contributed by atoms with Gasteiger partial charge in [0.05, 0.1) is 6.54 Å². The molecule has 2 heterocycles. The van der Waals surface area contributed by atoms with Crippen LogP contribution in [0.4, 0.5) is 6.01 Å². The Kier molecular flexibility index (Phi) is 4.80. The first-order valence-electron chi connectivity index (χ1n) is 7.34. The molecular weight excluding hydrogens is 240 g/mol. The van der Waals surface area contributed by atoms with E-state index in [1.165, 1.54) is 6.42 Å². The lowest BCUT2D eigenvalue weighted by Crippen LogP contribution is -2.21. The quantitative estimate of drug-likeness (QED) is 0.856. The fourth-order valence-electron chi connectivity index (χ4n) is 2.42.